The van der Waals surface area contributed by atoms with Gasteiger partial charge in [-0.2, -0.15) is 0 Å². The van der Waals surface area contributed by atoms with E-state index < -0.39 is 0 Å². The van der Waals surface area contributed by atoms with Crippen LogP contribution in [-0.4, -0.2) is 32.5 Å². The molecule has 2 aliphatic rings. The lowest BCUT2D eigenvalue weighted by Gasteiger charge is -2.28. The van der Waals surface area contributed by atoms with Gasteiger partial charge in [-0.05, 0) is 42.7 Å². The van der Waals surface area contributed by atoms with Gasteiger partial charge in [-0.15, -0.1) is 11.3 Å². The van der Waals surface area contributed by atoms with Crippen LogP contribution >= 0.6 is 11.3 Å². The van der Waals surface area contributed by atoms with E-state index in [-0.39, 0.29) is 0 Å². The van der Waals surface area contributed by atoms with Crippen molar-refractivity contribution in [1.29, 1.82) is 0 Å². The number of nitrogens with zero attached hydrogens (tertiary/aromatic N) is 4. The maximum atomic E-state index is 6.05. The first kappa shape index (κ1) is 18.7. The van der Waals surface area contributed by atoms with Crippen LogP contribution in [-0.2, 0) is 19.5 Å². The van der Waals surface area contributed by atoms with Crippen molar-refractivity contribution >= 4 is 11.3 Å². The van der Waals surface area contributed by atoms with Crippen molar-refractivity contribution in [3.63, 3.8) is 0 Å². The van der Waals surface area contributed by atoms with E-state index in [2.05, 4.69) is 32.4 Å². The lowest BCUT2D eigenvalue weighted by atomic mass is 9.98. The molecule has 0 spiro atoms. The van der Waals surface area contributed by atoms with E-state index in [0.717, 1.165) is 55.5 Å². The Morgan fingerprint density at radius 2 is 2.00 bits per heavy atom. The number of hydrogen-bond donors (Lipinski definition) is 0. The standard InChI is InChI=1S/C23H26N4OS/c1-2-5-19(6-3-1)28-22-9-8-17(13-24-22)15-27-11-10-20-18(16-27)14-25-23(26-20)21-7-4-12-29-21/h4,7-9,12-14,19H,1-3,5-6,10-11,15-16H2. The number of fused-ring (bicyclic) bond motifs is 1. The molecule has 0 radical (unpaired) electrons. The summed E-state index contributed by atoms with van der Waals surface area (Å²) in [4.78, 5) is 17.5. The van der Waals surface area contributed by atoms with Crippen molar-refractivity contribution < 1.29 is 4.74 Å². The molecule has 0 aromatic carbocycles. The van der Waals surface area contributed by atoms with E-state index >= 15 is 0 Å². The fraction of sp³-hybridized carbons (Fsp3) is 0.435. The van der Waals surface area contributed by atoms with Gasteiger partial charge in [0.2, 0.25) is 5.88 Å². The van der Waals surface area contributed by atoms with Crippen molar-refractivity contribution in [1.82, 2.24) is 19.9 Å². The van der Waals surface area contributed by atoms with Gasteiger partial charge in [0.15, 0.2) is 5.82 Å². The van der Waals surface area contributed by atoms with Crippen LogP contribution in [0.5, 0.6) is 5.88 Å². The molecule has 0 unspecified atom stereocenters. The molecule has 0 saturated heterocycles. The number of ether oxygens (including phenoxy) is 1. The minimum atomic E-state index is 0.347. The molecular weight excluding hydrogens is 380 g/mol. The molecule has 29 heavy (non-hydrogen) atoms. The van der Waals surface area contributed by atoms with Gasteiger partial charge in [0, 0.05) is 50.1 Å². The van der Waals surface area contributed by atoms with E-state index in [9.17, 15) is 0 Å². The van der Waals surface area contributed by atoms with Gasteiger partial charge < -0.3 is 4.74 Å². The lowest BCUT2D eigenvalue weighted by Crippen LogP contribution is -2.31. The largest absolute Gasteiger partial charge is 0.474 e. The third-order valence-corrected chi connectivity index (χ3v) is 6.66. The molecule has 0 atom stereocenters. The highest BCUT2D eigenvalue weighted by atomic mass is 32.1. The monoisotopic (exact) mass is 406 g/mol. The zero-order valence-electron chi connectivity index (χ0n) is 16.6. The zero-order valence-corrected chi connectivity index (χ0v) is 17.4. The summed E-state index contributed by atoms with van der Waals surface area (Å²) in [6.45, 7) is 2.79. The molecule has 1 aliphatic heterocycles. The average molecular weight is 407 g/mol. The molecule has 0 bridgehead atoms. The minimum Gasteiger partial charge on any atom is -0.474 e. The summed E-state index contributed by atoms with van der Waals surface area (Å²) in [5, 5.41) is 2.07. The molecule has 5 rings (SSSR count). The highest BCUT2D eigenvalue weighted by Gasteiger charge is 2.20. The maximum absolute atomic E-state index is 6.05. The van der Waals surface area contributed by atoms with E-state index in [4.69, 9.17) is 9.72 Å². The Morgan fingerprint density at radius 1 is 1.07 bits per heavy atom. The molecule has 3 aromatic rings. The normalized spacial score (nSPS) is 17.8. The van der Waals surface area contributed by atoms with Gasteiger partial charge in [-0.1, -0.05) is 18.6 Å². The highest BCUT2D eigenvalue weighted by Crippen LogP contribution is 2.25. The van der Waals surface area contributed by atoms with Crippen LogP contribution in [0, 0.1) is 0 Å². The fourth-order valence-corrected chi connectivity index (χ4v) is 4.88. The summed E-state index contributed by atoms with van der Waals surface area (Å²) < 4.78 is 6.05. The second-order valence-corrected chi connectivity index (χ2v) is 8.93. The third kappa shape index (κ3) is 4.49. The molecule has 1 fully saturated rings. The van der Waals surface area contributed by atoms with Gasteiger partial charge in [-0.3, -0.25) is 4.90 Å². The molecular formula is C23H26N4OS. The summed E-state index contributed by atoms with van der Waals surface area (Å²) in [5.41, 5.74) is 3.65. The molecule has 3 aromatic heterocycles. The Kier molecular flexibility index (Phi) is 5.54. The first-order chi connectivity index (χ1) is 14.3. The van der Waals surface area contributed by atoms with Gasteiger partial charge in [0.1, 0.15) is 6.10 Å². The highest BCUT2D eigenvalue weighted by molar-refractivity contribution is 7.13. The quantitative estimate of drug-likeness (QED) is 0.605. The van der Waals surface area contributed by atoms with Gasteiger partial charge in [0.25, 0.3) is 0 Å². The summed E-state index contributed by atoms with van der Waals surface area (Å²) >= 11 is 1.69. The molecule has 1 aliphatic carbocycles. The Bertz CT molecular complexity index is 936. The number of thiophene rings is 1. The molecule has 5 nitrogen and oxygen atoms in total. The Labute approximate surface area is 175 Å². The Balaban J connectivity index is 1.20. The van der Waals surface area contributed by atoms with E-state index in [0.29, 0.717) is 6.10 Å². The van der Waals surface area contributed by atoms with Gasteiger partial charge in [0.05, 0.1) is 10.6 Å². The molecule has 150 valence electrons. The fourth-order valence-electron chi connectivity index (χ4n) is 4.22. The molecule has 6 heteroatoms. The van der Waals surface area contributed by atoms with Crippen molar-refractivity contribution in [2.75, 3.05) is 6.54 Å². The van der Waals surface area contributed by atoms with Gasteiger partial charge in [-0.25, -0.2) is 15.0 Å². The number of aromatic nitrogens is 3. The molecule has 4 heterocycles. The third-order valence-electron chi connectivity index (χ3n) is 5.80. The number of hydrogen-bond acceptors (Lipinski definition) is 6. The van der Waals surface area contributed by atoms with Crippen LogP contribution < -0.4 is 4.74 Å². The number of pyridine rings is 1. The predicted octanol–water partition coefficient (Wildman–Crippen LogP) is 4.87. The molecule has 1 saturated carbocycles. The predicted molar refractivity (Wildman–Crippen MR) is 115 cm³/mol. The van der Waals surface area contributed by atoms with Crippen molar-refractivity contribution in [2.45, 2.75) is 57.7 Å². The topological polar surface area (TPSA) is 51.1 Å². The van der Waals surface area contributed by atoms with Crippen LogP contribution in [0.3, 0.4) is 0 Å². The van der Waals surface area contributed by atoms with Crippen molar-refractivity contribution in [3.8, 4) is 16.6 Å². The summed E-state index contributed by atoms with van der Waals surface area (Å²) in [6, 6.07) is 8.30. The minimum absolute atomic E-state index is 0.347. The van der Waals surface area contributed by atoms with Gasteiger partial charge >= 0.3 is 0 Å². The molecule has 0 N–H and O–H groups in total. The maximum Gasteiger partial charge on any atom is 0.213 e. The van der Waals surface area contributed by atoms with Crippen LogP contribution in [0.25, 0.3) is 10.7 Å². The van der Waals surface area contributed by atoms with Crippen LogP contribution in [0.15, 0.2) is 42.0 Å². The summed E-state index contributed by atoms with van der Waals surface area (Å²) in [6.07, 6.45) is 11.5. The first-order valence-electron chi connectivity index (χ1n) is 10.6. The van der Waals surface area contributed by atoms with Crippen molar-refractivity contribution in [3.05, 3.63) is 58.9 Å². The SMILES string of the molecule is c1csc(-c2ncc3c(n2)CCN(Cc2ccc(OC4CCCCC4)nc2)C3)c1. The second-order valence-electron chi connectivity index (χ2n) is 7.99. The lowest BCUT2D eigenvalue weighted by molar-refractivity contribution is 0.148. The van der Waals surface area contributed by atoms with Crippen LogP contribution in [0.1, 0.15) is 48.9 Å². The van der Waals surface area contributed by atoms with E-state index in [1.54, 1.807) is 11.3 Å². The molecule has 0 amide bonds. The Morgan fingerprint density at radius 3 is 2.79 bits per heavy atom. The van der Waals surface area contributed by atoms with E-state index in [1.807, 2.05) is 24.5 Å². The Hall–Kier alpha value is -2.31. The summed E-state index contributed by atoms with van der Waals surface area (Å²) in [5.74, 6) is 1.61. The zero-order chi connectivity index (χ0) is 19.5. The first-order valence-corrected chi connectivity index (χ1v) is 11.4. The summed E-state index contributed by atoms with van der Waals surface area (Å²) in [7, 11) is 0. The van der Waals surface area contributed by atoms with Crippen LogP contribution in [0.4, 0.5) is 0 Å². The van der Waals surface area contributed by atoms with E-state index in [1.165, 1.54) is 36.1 Å². The van der Waals surface area contributed by atoms with Crippen LogP contribution in [0.2, 0.25) is 0 Å². The van der Waals surface area contributed by atoms with Crippen molar-refractivity contribution in [2.24, 2.45) is 0 Å². The smallest absolute Gasteiger partial charge is 0.213 e. The number of rotatable bonds is 5. The second kappa shape index (κ2) is 8.59. The average Bonchev–Trinajstić information content (AvgIpc) is 3.31.